The summed E-state index contributed by atoms with van der Waals surface area (Å²) in [5.41, 5.74) is 3.62. The van der Waals surface area contributed by atoms with E-state index in [1.54, 1.807) is 0 Å². The first-order valence-corrected chi connectivity index (χ1v) is 6.86. The zero-order valence-corrected chi connectivity index (χ0v) is 12.4. The molecular formula is C18H20O2. The third kappa shape index (κ3) is 3.27. The molecule has 104 valence electrons. The minimum absolute atomic E-state index is 0.0543. The average molecular weight is 268 g/mol. The van der Waals surface area contributed by atoms with Gasteiger partial charge in [-0.05, 0) is 57.5 Å². The van der Waals surface area contributed by atoms with Gasteiger partial charge in [0.1, 0.15) is 5.75 Å². The Kier molecular flexibility index (Phi) is 4.23. The second-order valence-corrected chi connectivity index (χ2v) is 5.34. The highest BCUT2D eigenvalue weighted by atomic mass is 16.5. The van der Waals surface area contributed by atoms with E-state index in [9.17, 15) is 4.79 Å². The third-order valence-corrected chi connectivity index (χ3v) is 3.11. The quantitative estimate of drug-likeness (QED) is 0.772. The van der Waals surface area contributed by atoms with Crippen LogP contribution in [0.4, 0.5) is 0 Å². The van der Waals surface area contributed by atoms with Crippen LogP contribution in [0.5, 0.6) is 5.75 Å². The Bertz CT molecular complexity index is 610. The number of ether oxygens (including phenoxy) is 1. The standard InChI is InChI=1S/C18H20O2/c1-12(2)20-16-8-6-15(7-9-16)18(19)17-10-5-13(3)11-14(17)4/h5-12H,1-4H3. The predicted molar refractivity (Wildman–Crippen MR) is 81.6 cm³/mol. The lowest BCUT2D eigenvalue weighted by Crippen LogP contribution is -2.07. The van der Waals surface area contributed by atoms with Gasteiger partial charge in [-0.1, -0.05) is 23.8 Å². The van der Waals surface area contributed by atoms with Gasteiger partial charge >= 0.3 is 0 Å². The number of hydrogen-bond donors (Lipinski definition) is 0. The summed E-state index contributed by atoms with van der Waals surface area (Å²) < 4.78 is 5.58. The van der Waals surface area contributed by atoms with Gasteiger partial charge in [-0.3, -0.25) is 4.79 Å². The highest BCUT2D eigenvalue weighted by Gasteiger charge is 2.11. The Balaban J connectivity index is 2.25. The predicted octanol–water partition coefficient (Wildman–Crippen LogP) is 4.32. The molecular weight excluding hydrogens is 248 g/mol. The van der Waals surface area contributed by atoms with Crippen LogP contribution in [0.1, 0.15) is 40.9 Å². The molecule has 0 N–H and O–H groups in total. The minimum atomic E-state index is 0.0543. The first-order chi connectivity index (χ1) is 9.47. The SMILES string of the molecule is Cc1ccc(C(=O)c2ccc(OC(C)C)cc2)c(C)c1. The van der Waals surface area contributed by atoms with Crippen molar-refractivity contribution in [2.75, 3.05) is 0 Å². The number of carbonyl (C=O) groups is 1. The number of carbonyl (C=O) groups excluding carboxylic acids is 1. The van der Waals surface area contributed by atoms with E-state index in [0.29, 0.717) is 5.56 Å². The molecule has 0 spiro atoms. The van der Waals surface area contributed by atoms with E-state index >= 15 is 0 Å². The van der Waals surface area contributed by atoms with Crippen LogP contribution in [0.2, 0.25) is 0 Å². The van der Waals surface area contributed by atoms with Crippen molar-refractivity contribution in [3.8, 4) is 5.75 Å². The van der Waals surface area contributed by atoms with Gasteiger partial charge in [0.25, 0.3) is 0 Å². The zero-order chi connectivity index (χ0) is 14.7. The lowest BCUT2D eigenvalue weighted by atomic mass is 9.97. The second kappa shape index (κ2) is 5.91. The monoisotopic (exact) mass is 268 g/mol. The first kappa shape index (κ1) is 14.3. The smallest absolute Gasteiger partial charge is 0.193 e. The Hall–Kier alpha value is -2.09. The van der Waals surface area contributed by atoms with E-state index in [-0.39, 0.29) is 11.9 Å². The molecule has 0 radical (unpaired) electrons. The van der Waals surface area contributed by atoms with Crippen LogP contribution < -0.4 is 4.74 Å². The highest BCUT2D eigenvalue weighted by Crippen LogP contribution is 2.19. The molecule has 0 aromatic heterocycles. The molecule has 0 aliphatic rings. The highest BCUT2D eigenvalue weighted by molar-refractivity contribution is 6.09. The topological polar surface area (TPSA) is 26.3 Å². The van der Waals surface area contributed by atoms with Crippen molar-refractivity contribution in [2.45, 2.75) is 33.8 Å². The summed E-state index contributed by atoms with van der Waals surface area (Å²) in [5, 5.41) is 0. The lowest BCUT2D eigenvalue weighted by Gasteiger charge is -2.10. The number of rotatable bonds is 4. The molecule has 0 aliphatic heterocycles. The largest absolute Gasteiger partial charge is 0.491 e. The van der Waals surface area contributed by atoms with E-state index in [4.69, 9.17) is 4.74 Å². The van der Waals surface area contributed by atoms with E-state index in [0.717, 1.165) is 16.9 Å². The van der Waals surface area contributed by atoms with E-state index in [1.165, 1.54) is 5.56 Å². The molecule has 2 heteroatoms. The number of ketones is 1. The fourth-order valence-corrected chi connectivity index (χ4v) is 2.18. The summed E-state index contributed by atoms with van der Waals surface area (Å²) in [5.74, 6) is 0.843. The van der Waals surface area contributed by atoms with Gasteiger partial charge in [0.15, 0.2) is 5.78 Å². The molecule has 2 aromatic rings. The van der Waals surface area contributed by atoms with Crippen LogP contribution >= 0.6 is 0 Å². The van der Waals surface area contributed by atoms with Gasteiger partial charge in [0.2, 0.25) is 0 Å². The first-order valence-electron chi connectivity index (χ1n) is 6.86. The Labute approximate surface area is 120 Å². The number of hydrogen-bond acceptors (Lipinski definition) is 2. The fraction of sp³-hybridized carbons (Fsp3) is 0.278. The van der Waals surface area contributed by atoms with E-state index < -0.39 is 0 Å². The molecule has 0 amide bonds. The maximum absolute atomic E-state index is 12.5. The summed E-state index contributed by atoms with van der Waals surface area (Å²) in [6, 6.07) is 13.2. The molecule has 0 heterocycles. The molecule has 0 aliphatic carbocycles. The van der Waals surface area contributed by atoms with Crippen molar-refractivity contribution in [1.82, 2.24) is 0 Å². The molecule has 0 unspecified atom stereocenters. The van der Waals surface area contributed by atoms with E-state index in [1.807, 2.05) is 70.2 Å². The molecule has 0 bridgehead atoms. The van der Waals surface area contributed by atoms with E-state index in [2.05, 4.69) is 0 Å². The van der Waals surface area contributed by atoms with Crippen molar-refractivity contribution in [3.05, 3.63) is 64.7 Å². The van der Waals surface area contributed by atoms with Crippen molar-refractivity contribution in [1.29, 1.82) is 0 Å². The Morgan fingerprint density at radius 2 is 1.65 bits per heavy atom. The van der Waals surface area contributed by atoms with Crippen LogP contribution in [0, 0.1) is 13.8 Å². The summed E-state index contributed by atoms with van der Waals surface area (Å²) in [7, 11) is 0. The maximum Gasteiger partial charge on any atom is 0.193 e. The average Bonchev–Trinajstić information content (AvgIpc) is 2.38. The Morgan fingerprint density at radius 1 is 1.00 bits per heavy atom. The molecule has 20 heavy (non-hydrogen) atoms. The molecule has 2 rings (SSSR count). The van der Waals surface area contributed by atoms with Gasteiger partial charge in [-0.15, -0.1) is 0 Å². The zero-order valence-electron chi connectivity index (χ0n) is 12.4. The number of aryl methyl sites for hydroxylation is 2. The van der Waals surface area contributed by atoms with Crippen LogP contribution in [-0.2, 0) is 0 Å². The van der Waals surface area contributed by atoms with Crippen molar-refractivity contribution in [2.24, 2.45) is 0 Å². The van der Waals surface area contributed by atoms with Crippen LogP contribution in [0.25, 0.3) is 0 Å². The van der Waals surface area contributed by atoms with Crippen LogP contribution in [0.3, 0.4) is 0 Å². The Morgan fingerprint density at radius 3 is 2.20 bits per heavy atom. The van der Waals surface area contributed by atoms with Gasteiger partial charge in [0.05, 0.1) is 6.10 Å². The van der Waals surface area contributed by atoms with Crippen molar-refractivity contribution in [3.63, 3.8) is 0 Å². The molecule has 0 saturated heterocycles. The van der Waals surface area contributed by atoms with Crippen molar-refractivity contribution >= 4 is 5.78 Å². The third-order valence-electron chi connectivity index (χ3n) is 3.11. The summed E-state index contributed by atoms with van der Waals surface area (Å²) >= 11 is 0. The molecule has 0 atom stereocenters. The summed E-state index contributed by atoms with van der Waals surface area (Å²) in [6.07, 6.45) is 0.135. The van der Waals surface area contributed by atoms with Crippen LogP contribution in [0.15, 0.2) is 42.5 Å². The van der Waals surface area contributed by atoms with Gasteiger partial charge in [0, 0.05) is 11.1 Å². The maximum atomic E-state index is 12.5. The summed E-state index contributed by atoms with van der Waals surface area (Å²) in [4.78, 5) is 12.5. The normalized spacial score (nSPS) is 10.7. The number of benzene rings is 2. The van der Waals surface area contributed by atoms with Gasteiger partial charge in [-0.2, -0.15) is 0 Å². The molecule has 2 aromatic carbocycles. The molecule has 2 nitrogen and oxygen atoms in total. The lowest BCUT2D eigenvalue weighted by molar-refractivity contribution is 0.103. The fourth-order valence-electron chi connectivity index (χ4n) is 2.18. The van der Waals surface area contributed by atoms with Gasteiger partial charge in [-0.25, -0.2) is 0 Å². The molecule has 0 saturated carbocycles. The second-order valence-electron chi connectivity index (χ2n) is 5.34. The molecule has 0 fully saturated rings. The van der Waals surface area contributed by atoms with Gasteiger partial charge < -0.3 is 4.74 Å². The van der Waals surface area contributed by atoms with Crippen LogP contribution in [-0.4, -0.2) is 11.9 Å². The minimum Gasteiger partial charge on any atom is -0.491 e. The van der Waals surface area contributed by atoms with Crippen molar-refractivity contribution < 1.29 is 9.53 Å². The summed E-state index contributed by atoms with van der Waals surface area (Å²) in [6.45, 7) is 7.96.